The van der Waals surface area contributed by atoms with E-state index in [1.165, 1.54) is 13.5 Å². The van der Waals surface area contributed by atoms with Crippen molar-refractivity contribution in [3.8, 4) is 6.07 Å². The summed E-state index contributed by atoms with van der Waals surface area (Å²) in [4.78, 5) is 11.4. The molecule has 2 rings (SSSR count). The molecular formula is C18H23NO2S. The number of hydrogen-bond acceptors (Lipinski definition) is 4. The number of ether oxygens (including phenoxy) is 1. The topological polar surface area (TPSA) is 50.1 Å². The van der Waals surface area contributed by atoms with E-state index in [2.05, 4.69) is 6.07 Å². The zero-order valence-electron chi connectivity index (χ0n) is 13.1. The molecule has 1 aromatic carbocycles. The number of nitrogens with zero attached hydrogens (tertiary/aromatic N) is 1. The van der Waals surface area contributed by atoms with Gasteiger partial charge in [-0.15, -0.1) is 0 Å². The quantitative estimate of drug-likeness (QED) is 0.734. The van der Waals surface area contributed by atoms with Crippen molar-refractivity contribution in [2.45, 2.75) is 49.2 Å². The summed E-state index contributed by atoms with van der Waals surface area (Å²) in [6.07, 6.45) is 6.08. The molecule has 1 atom stereocenters. The van der Waals surface area contributed by atoms with E-state index in [0.717, 1.165) is 37.0 Å². The Kier molecular flexibility index (Phi) is 6.33. The summed E-state index contributed by atoms with van der Waals surface area (Å²) < 4.78 is 4.66. The fraction of sp³-hybridized carbons (Fsp3) is 0.556. The van der Waals surface area contributed by atoms with Crippen LogP contribution in [0.3, 0.4) is 0 Å². The fourth-order valence-electron chi connectivity index (χ4n) is 3.25. The third kappa shape index (κ3) is 4.04. The molecule has 0 aliphatic heterocycles. The smallest absolute Gasteiger partial charge is 0.306 e. The number of carbonyl (C=O) groups is 1. The van der Waals surface area contributed by atoms with Crippen molar-refractivity contribution in [3.63, 3.8) is 0 Å². The Balaban J connectivity index is 2.16. The number of methoxy groups -OCH3 is 1. The van der Waals surface area contributed by atoms with Gasteiger partial charge < -0.3 is 4.74 Å². The summed E-state index contributed by atoms with van der Waals surface area (Å²) in [5.41, 5.74) is 1.09. The highest BCUT2D eigenvalue weighted by Crippen LogP contribution is 2.49. The van der Waals surface area contributed by atoms with Crippen LogP contribution >= 0.6 is 11.8 Å². The zero-order chi connectivity index (χ0) is 15.8. The van der Waals surface area contributed by atoms with E-state index in [-0.39, 0.29) is 16.6 Å². The van der Waals surface area contributed by atoms with E-state index in [1.54, 1.807) is 11.8 Å². The Morgan fingerprint density at radius 1 is 1.32 bits per heavy atom. The first-order valence-corrected chi connectivity index (χ1v) is 8.86. The first-order valence-electron chi connectivity index (χ1n) is 7.87. The van der Waals surface area contributed by atoms with Gasteiger partial charge in [-0.3, -0.25) is 4.79 Å². The molecule has 0 bridgehead atoms. The summed E-state index contributed by atoms with van der Waals surface area (Å²) in [5, 5.41) is 9.80. The Morgan fingerprint density at radius 2 is 2.00 bits per heavy atom. The Hall–Kier alpha value is -1.47. The summed E-state index contributed by atoms with van der Waals surface area (Å²) in [5.74, 6) is 0.431. The minimum Gasteiger partial charge on any atom is -0.469 e. The lowest BCUT2D eigenvalue weighted by Crippen LogP contribution is -2.35. The van der Waals surface area contributed by atoms with Gasteiger partial charge in [-0.2, -0.15) is 17.0 Å². The number of nitriles is 1. The average molecular weight is 317 g/mol. The van der Waals surface area contributed by atoms with Gasteiger partial charge in [-0.1, -0.05) is 49.6 Å². The average Bonchev–Trinajstić information content (AvgIpc) is 2.57. The molecule has 3 nitrogen and oxygen atoms in total. The van der Waals surface area contributed by atoms with Crippen LogP contribution < -0.4 is 0 Å². The highest BCUT2D eigenvalue weighted by molar-refractivity contribution is 8.00. The van der Waals surface area contributed by atoms with Crippen molar-refractivity contribution >= 4 is 17.7 Å². The number of esters is 1. The third-order valence-corrected chi connectivity index (χ3v) is 6.04. The lowest BCUT2D eigenvalue weighted by Gasteiger charge is -2.40. The second-order valence-corrected chi connectivity index (χ2v) is 7.28. The number of benzene rings is 1. The van der Waals surface area contributed by atoms with Crippen LogP contribution in [0.15, 0.2) is 30.3 Å². The monoisotopic (exact) mass is 317 g/mol. The Bertz CT molecular complexity index is 518. The second kappa shape index (κ2) is 8.24. The van der Waals surface area contributed by atoms with Gasteiger partial charge in [0.05, 0.1) is 25.5 Å². The summed E-state index contributed by atoms with van der Waals surface area (Å²) in [7, 11) is 1.42. The van der Waals surface area contributed by atoms with Crippen LogP contribution in [-0.2, 0) is 9.53 Å². The van der Waals surface area contributed by atoms with Crippen LogP contribution in [0, 0.1) is 11.3 Å². The van der Waals surface area contributed by atoms with Crippen molar-refractivity contribution < 1.29 is 9.53 Å². The molecule has 1 saturated carbocycles. The molecular weight excluding hydrogens is 294 g/mol. The van der Waals surface area contributed by atoms with Crippen molar-refractivity contribution in [1.82, 2.24) is 0 Å². The molecule has 0 amide bonds. The normalized spacial score (nSPS) is 18.2. The lowest BCUT2D eigenvalue weighted by atomic mass is 9.76. The molecule has 0 radical (unpaired) electrons. The number of rotatable bonds is 6. The molecule has 22 heavy (non-hydrogen) atoms. The van der Waals surface area contributed by atoms with E-state index in [9.17, 15) is 10.1 Å². The third-order valence-electron chi connectivity index (χ3n) is 4.41. The highest BCUT2D eigenvalue weighted by atomic mass is 32.2. The maximum Gasteiger partial charge on any atom is 0.306 e. The summed E-state index contributed by atoms with van der Waals surface area (Å²) in [6.45, 7) is 0. The van der Waals surface area contributed by atoms with Crippen molar-refractivity contribution in [2.24, 2.45) is 0 Å². The van der Waals surface area contributed by atoms with Gasteiger partial charge in [0.1, 0.15) is 0 Å². The first-order chi connectivity index (χ1) is 10.7. The molecule has 1 unspecified atom stereocenters. The van der Waals surface area contributed by atoms with Crippen LogP contribution in [0.5, 0.6) is 0 Å². The van der Waals surface area contributed by atoms with E-state index >= 15 is 0 Å². The van der Waals surface area contributed by atoms with E-state index in [4.69, 9.17) is 4.74 Å². The predicted molar refractivity (Wildman–Crippen MR) is 89.7 cm³/mol. The van der Waals surface area contributed by atoms with Crippen molar-refractivity contribution in [1.29, 1.82) is 5.26 Å². The number of thioether (sulfide) groups is 1. The standard InChI is InChI=1S/C18H23NO2S/c1-21-17(20)10-13-22-18(11-6-3-7-12-18)16(14-19)15-8-4-2-5-9-15/h2,4-5,8-9,16H,3,6-7,10-13H2,1H3. The van der Waals surface area contributed by atoms with Gasteiger partial charge in [0.15, 0.2) is 0 Å². The molecule has 0 heterocycles. The van der Waals surface area contributed by atoms with Crippen LogP contribution in [0.25, 0.3) is 0 Å². The molecule has 1 aliphatic carbocycles. The SMILES string of the molecule is COC(=O)CCSC1(C(C#N)c2ccccc2)CCCCC1. The molecule has 0 aromatic heterocycles. The minimum absolute atomic E-state index is 0.0671. The fourth-order valence-corrected chi connectivity index (χ4v) is 4.86. The molecule has 4 heteroatoms. The highest BCUT2D eigenvalue weighted by Gasteiger charge is 2.41. The van der Waals surface area contributed by atoms with E-state index in [1.807, 2.05) is 30.3 Å². The van der Waals surface area contributed by atoms with Crippen LogP contribution in [0.4, 0.5) is 0 Å². The molecule has 1 fully saturated rings. The van der Waals surface area contributed by atoms with Gasteiger partial charge in [0.25, 0.3) is 0 Å². The largest absolute Gasteiger partial charge is 0.469 e. The van der Waals surface area contributed by atoms with E-state index < -0.39 is 0 Å². The number of carbonyl (C=O) groups excluding carboxylic acids is 1. The molecule has 118 valence electrons. The minimum atomic E-state index is -0.174. The summed E-state index contributed by atoms with van der Waals surface area (Å²) >= 11 is 1.79. The lowest BCUT2D eigenvalue weighted by molar-refractivity contribution is -0.140. The second-order valence-electron chi connectivity index (χ2n) is 5.77. The van der Waals surface area contributed by atoms with Gasteiger partial charge in [0.2, 0.25) is 0 Å². The van der Waals surface area contributed by atoms with E-state index in [0.29, 0.717) is 6.42 Å². The van der Waals surface area contributed by atoms with Gasteiger partial charge in [-0.05, 0) is 18.4 Å². The maximum atomic E-state index is 11.4. The van der Waals surface area contributed by atoms with Crippen molar-refractivity contribution in [2.75, 3.05) is 12.9 Å². The van der Waals surface area contributed by atoms with Gasteiger partial charge >= 0.3 is 5.97 Å². The van der Waals surface area contributed by atoms with Gasteiger partial charge in [-0.25, -0.2) is 0 Å². The van der Waals surface area contributed by atoms with Crippen LogP contribution in [0.1, 0.15) is 50.0 Å². The predicted octanol–water partition coefficient (Wildman–Crippen LogP) is 4.29. The molecule has 0 N–H and O–H groups in total. The first kappa shape index (κ1) is 16.9. The summed E-state index contributed by atoms with van der Waals surface area (Å²) in [6, 6.07) is 12.6. The molecule has 0 saturated heterocycles. The van der Waals surface area contributed by atoms with Crippen molar-refractivity contribution in [3.05, 3.63) is 35.9 Å². The van der Waals surface area contributed by atoms with Crippen LogP contribution in [-0.4, -0.2) is 23.6 Å². The maximum absolute atomic E-state index is 11.4. The molecule has 1 aliphatic rings. The Labute approximate surface area is 137 Å². The van der Waals surface area contributed by atoms with Crippen LogP contribution in [0.2, 0.25) is 0 Å². The molecule has 0 spiro atoms. The zero-order valence-corrected chi connectivity index (χ0v) is 13.9. The number of hydrogen-bond donors (Lipinski definition) is 0. The molecule has 1 aromatic rings. The Morgan fingerprint density at radius 3 is 2.59 bits per heavy atom. The van der Waals surface area contributed by atoms with Gasteiger partial charge in [0, 0.05) is 10.5 Å².